The Morgan fingerprint density at radius 1 is 1.40 bits per heavy atom. The van der Waals surface area contributed by atoms with Crippen LogP contribution in [-0.4, -0.2) is 62.4 Å². The zero-order valence-corrected chi connectivity index (χ0v) is 14.8. The van der Waals surface area contributed by atoms with Crippen LogP contribution in [0.2, 0.25) is 0 Å². The Kier molecular flexibility index (Phi) is 4.76. The number of hydrogen-bond acceptors (Lipinski definition) is 4. The van der Waals surface area contributed by atoms with Crippen molar-refractivity contribution in [1.29, 1.82) is 0 Å². The fourth-order valence-corrected chi connectivity index (χ4v) is 3.27. The number of piperazine rings is 1. The minimum Gasteiger partial charge on any atom is -0.388 e. The molecule has 0 radical (unpaired) electrons. The molecule has 0 aliphatic carbocycles. The van der Waals surface area contributed by atoms with Gasteiger partial charge in [-0.05, 0) is 31.0 Å². The molecule has 0 saturated carbocycles. The lowest BCUT2D eigenvalue weighted by Gasteiger charge is -2.39. The number of amides is 2. The van der Waals surface area contributed by atoms with Crippen molar-refractivity contribution in [1.82, 2.24) is 19.8 Å². The van der Waals surface area contributed by atoms with Gasteiger partial charge in [-0.25, -0.2) is 4.98 Å². The average molecular weight is 344 g/mol. The second-order valence-electron chi connectivity index (χ2n) is 6.93. The van der Waals surface area contributed by atoms with Crippen LogP contribution in [0.3, 0.4) is 0 Å². The molecule has 2 N–H and O–H groups in total. The predicted octanol–water partition coefficient (Wildman–Crippen LogP) is 1.38. The van der Waals surface area contributed by atoms with Crippen molar-refractivity contribution in [2.24, 2.45) is 5.92 Å². The summed E-state index contributed by atoms with van der Waals surface area (Å²) in [6.07, 6.45) is 0. The first-order valence-electron chi connectivity index (χ1n) is 8.60. The highest BCUT2D eigenvalue weighted by Gasteiger charge is 2.34. The number of aromatic nitrogens is 2. The lowest BCUT2D eigenvalue weighted by atomic mass is 10.1. The molecule has 25 heavy (non-hydrogen) atoms. The van der Waals surface area contributed by atoms with Gasteiger partial charge in [0.2, 0.25) is 5.91 Å². The van der Waals surface area contributed by atoms with Gasteiger partial charge in [-0.1, -0.05) is 13.8 Å². The van der Waals surface area contributed by atoms with Gasteiger partial charge in [0.25, 0.3) is 5.91 Å². The maximum absolute atomic E-state index is 12.9. The zero-order valence-electron chi connectivity index (χ0n) is 14.8. The molecule has 2 aromatic rings. The van der Waals surface area contributed by atoms with Crippen molar-refractivity contribution in [3.05, 3.63) is 29.6 Å². The summed E-state index contributed by atoms with van der Waals surface area (Å²) in [5, 5.41) is 9.16. The van der Waals surface area contributed by atoms with Gasteiger partial charge in [-0.2, -0.15) is 0 Å². The van der Waals surface area contributed by atoms with Gasteiger partial charge in [-0.3, -0.25) is 9.59 Å². The van der Waals surface area contributed by atoms with E-state index in [1.807, 2.05) is 4.90 Å². The van der Waals surface area contributed by atoms with E-state index in [0.29, 0.717) is 41.4 Å². The van der Waals surface area contributed by atoms with E-state index in [2.05, 4.69) is 23.8 Å². The first-order valence-corrected chi connectivity index (χ1v) is 8.60. The predicted molar refractivity (Wildman–Crippen MR) is 93.9 cm³/mol. The van der Waals surface area contributed by atoms with E-state index in [9.17, 15) is 9.59 Å². The second kappa shape index (κ2) is 6.84. The molecular formula is C18H24N4O3. The molecule has 0 spiro atoms. The highest BCUT2D eigenvalue weighted by Crippen LogP contribution is 2.19. The molecule has 1 fully saturated rings. The van der Waals surface area contributed by atoms with E-state index in [4.69, 9.17) is 5.11 Å². The summed E-state index contributed by atoms with van der Waals surface area (Å²) < 4.78 is 0. The number of nitrogens with one attached hydrogen (secondary N) is 1. The molecule has 2 heterocycles. The third-order valence-corrected chi connectivity index (χ3v) is 4.52. The second-order valence-corrected chi connectivity index (χ2v) is 6.93. The Hall–Kier alpha value is -2.41. The molecule has 1 aliphatic heterocycles. The fraction of sp³-hybridized carbons (Fsp3) is 0.500. The topological polar surface area (TPSA) is 89.5 Å². The minimum absolute atomic E-state index is 0.00140. The maximum atomic E-state index is 12.9. The highest BCUT2D eigenvalue weighted by atomic mass is 16.3. The molecule has 134 valence electrons. The van der Waals surface area contributed by atoms with Gasteiger partial charge in [0.1, 0.15) is 18.5 Å². The van der Waals surface area contributed by atoms with Gasteiger partial charge in [-0.15, -0.1) is 0 Å². The van der Waals surface area contributed by atoms with Crippen LogP contribution in [-0.2, 0) is 11.4 Å². The quantitative estimate of drug-likeness (QED) is 0.877. The van der Waals surface area contributed by atoms with Crippen LogP contribution in [0.4, 0.5) is 0 Å². The molecule has 7 nitrogen and oxygen atoms in total. The Balaban J connectivity index is 1.80. The SMILES string of the molecule is CC(C)CN1CCN(C(=O)c2ccc3nc(CO)[nH]c3c2)[C@H](C)C1=O. The molecule has 0 bridgehead atoms. The molecule has 1 saturated heterocycles. The number of rotatable bonds is 4. The number of fused-ring (bicyclic) bond motifs is 1. The lowest BCUT2D eigenvalue weighted by molar-refractivity contribution is -0.140. The summed E-state index contributed by atoms with van der Waals surface area (Å²) in [6, 6.07) is 4.72. The molecule has 0 unspecified atom stereocenters. The largest absolute Gasteiger partial charge is 0.388 e. The Morgan fingerprint density at radius 3 is 2.84 bits per heavy atom. The number of carbonyl (C=O) groups is 2. The Morgan fingerprint density at radius 2 is 2.16 bits per heavy atom. The molecule has 2 amide bonds. The number of aromatic amines is 1. The number of aliphatic hydroxyl groups excluding tert-OH is 1. The first kappa shape index (κ1) is 17.4. The van der Waals surface area contributed by atoms with E-state index in [-0.39, 0.29) is 18.4 Å². The van der Waals surface area contributed by atoms with Gasteiger partial charge in [0.05, 0.1) is 11.0 Å². The maximum Gasteiger partial charge on any atom is 0.254 e. The van der Waals surface area contributed by atoms with Crippen LogP contribution in [0.15, 0.2) is 18.2 Å². The fourth-order valence-electron chi connectivity index (χ4n) is 3.27. The van der Waals surface area contributed by atoms with Gasteiger partial charge >= 0.3 is 0 Å². The zero-order chi connectivity index (χ0) is 18.1. The summed E-state index contributed by atoms with van der Waals surface area (Å²) >= 11 is 0. The summed E-state index contributed by atoms with van der Waals surface area (Å²) in [4.78, 5) is 36.1. The highest BCUT2D eigenvalue weighted by molar-refractivity contribution is 6.00. The van der Waals surface area contributed by atoms with E-state index < -0.39 is 6.04 Å². The lowest BCUT2D eigenvalue weighted by Crippen LogP contribution is -2.58. The summed E-state index contributed by atoms with van der Waals surface area (Å²) in [5.74, 6) is 0.706. The van der Waals surface area contributed by atoms with Gasteiger partial charge < -0.3 is 19.9 Å². The van der Waals surface area contributed by atoms with Crippen LogP contribution in [0.5, 0.6) is 0 Å². The van der Waals surface area contributed by atoms with Crippen molar-refractivity contribution < 1.29 is 14.7 Å². The number of carbonyl (C=O) groups excluding carboxylic acids is 2. The molecule has 1 aliphatic rings. The standard InChI is InChI=1S/C18H24N4O3/c1-11(2)9-21-6-7-22(12(3)17(21)24)18(25)13-4-5-14-15(8-13)20-16(10-23)19-14/h4-5,8,11-12,23H,6-7,9-10H2,1-3H3,(H,19,20)/t12-/m1/s1. The van der Waals surface area contributed by atoms with Crippen molar-refractivity contribution in [2.45, 2.75) is 33.4 Å². The monoisotopic (exact) mass is 344 g/mol. The molecule has 7 heteroatoms. The van der Waals surface area contributed by atoms with E-state index in [1.54, 1.807) is 30.0 Å². The van der Waals surface area contributed by atoms with E-state index >= 15 is 0 Å². The average Bonchev–Trinajstić information content (AvgIpc) is 3.00. The van der Waals surface area contributed by atoms with E-state index in [1.165, 1.54) is 0 Å². The number of imidazole rings is 1. The van der Waals surface area contributed by atoms with Crippen LogP contribution in [0.1, 0.15) is 37.0 Å². The van der Waals surface area contributed by atoms with Gasteiger partial charge in [0.15, 0.2) is 0 Å². The van der Waals surface area contributed by atoms with Crippen molar-refractivity contribution in [2.75, 3.05) is 19.6 Å². The van der Waals surface area contributed by atoms with Crippen molar-refractivity contribution in [3.8, 4) is 0 Å². The van der Waals surface area contributed by atoms with Gasteiger partial charge in [0, 0.05) is 25.2 Å². The number of hydrogen-bond donors (Lipinski definition) is 2. The summed E-state index contributed by atoms with van der Waals surface area (Å²) in [5.41, 5.74) is 1.91. The molecule has 1 aromatic heterocycles. The molecule has 1 atom stereocenters. The number of benzene rings is 1. The van der Waals surface area contributed by atoms with E-state index in [0.717, 1.165) is 6.54 Å². The normalized spacial score (nSPS) is 18.4. The van der Waals surface area contributed by atoms with Crippen molar-refractivity contribution in [3.63, 3.8) is 0 Å². The molecule has 3 rings (SSSR count). The number of H-pyrrole nitrogens is 1. The third kappa shape index (κ3) is 3.37. The third-order valence-electron chi connectivity index (χ3n) is 4.52. The van der Waals surface area contributed by atoms with Crippen LogP contribution >= 0.6 is 0 Å². The number of nitrogens with zero attached hydrogens (tertiary/aromatic N) is 3. The molecular weight excluding hydrogens is 320 g/mol. The summed E-state index contributed by atoms with van der Waals surface area (Å²) in [7, 11) is 0. The molecule has 1 aromatic carbocycles. The van der Waals surface area contributed by atoms with Crippen LogP contribution in [0, 0.1) is 5.92 Å². The Labute approximate surface area is 146 Å². The van der Waals surface area contributed by atoms with Crippen LogP contribution < -0.4 is 0 Å². The summed E-state index contributed by atoms with van der Waals surface area (Å²) in [6.45, 7) is 7.57. The van der Waals surface area contributed by atoms with Crippen LogP contribution in [0.25, 0.3) is 11.0 Å². The number of aliphatic hydroxyl groups is 1. The van der Waals surface area contributed by atoms with Crippen molar-refractivity contribution >= 4 is 22.8 Å². The Bertz CT molecular complexity index is 799. The first-order chi connectivity index (χ1) is 11.9. The smallest absolute Gasteiger partial charge is 0.254 e. The minimum atomic E-state index is -0.467.